The molecule has 0 radical (unpaired) electrons. The zero-order valence-electron chi connectivity index (χ0n) is 12.2. The molecule has 1 aliphatic carbocycles. The maximum atomic E-state index is 3.95. The van der Waals surface area contributed by atoms with Crippen LogP contribution in [0.15, 0.2) is 18.2 Å². The van der Waals surface area contributed by atoms with E-state index in [-0.39, 0.29) is 12.4 Å². The highest BCUT2D eigenvalue weighted by molar-refractivity contribution is 5.85. The van der Waals surface area contributed by atoms with Gasteiger partial charge in [0.2, 0.25) is 0 Å². The molecule has 19 heavy (non-hydrogen) atoms. The van der Waals surface area contributed by atoms with Crippen LogP contribution in [0.5, 0.6) is 0 Å². The summed E-state index contributed by atoms with van der Waals surface area (Å²) in [7, 11) is 0. The molecule has 1 aromatic rings. The van der Waals surface area contributed by atoms with Crippen LogP contribution in [-0.2, 0) is 0 Å². The standard InChI is InChI=1S/C17H25N.ClH/c1-13-8-7-9-15-14(2)12-17(18-16(13)15)10-5-3-4-6-11-17;/h7-9,14,18H,3-6,10-12H2,1-2H3;1H. The number of benzene rings is 1. The van der Waals surface area contributed by atoms with Gasteiger partial charge in [-0.1, -0.05) is 50.8 Å². The molecule has 0 saturated heterocycles. The smallest absolute Gasteiger partial charge is 0.0409 e. The van der Waals surface area contributed by atoms with Gasteiger partial charge in [0, 0.05) is 11.2 Å². The Hall–Kier alpha value is -0.690. The van der Waals surface area contributed by atoms with Gasteiger partial charge in [0.15, 0.2) is 0 Å². The Morgan fingerprint density at radius 3 is 2.47 bits per heavy atom. The molecule has 0 bridgehead atoms. The first kappa shape index (κ1) is 14.7. The van der Waals surface area contributed by atoms with Crippen molar-refractivity contribution in [3.8, 4) is 0 Å². The van der Waals surface area contributed by atoms with E-state index in [0.717, 1.165) is 0 Å². The molecule has 0 aromatic heterocycles. The molecule has 2 aliphatic rings. The van der Waals surface area contributed by atoms with Gasteiger partial charge in [0.1, 0.15) is 0 Å². The van der Waals surface area contributed by atoms with E-state index in [1.54, 1.807) is 0 Å². The van der Waals surface area contributed by atoms with E-state index < -0.39 is 0 Å². The van der Waals surface area contributed by atoms with Crippen molar-refractivity contribution >= 4 is 18.1 Å². The van der Waals surface area contributed by atoms with Gasteiger partial charge in [0.05, 0.1) is 0 Å². The fraction of sp³-hybridized carbons (Fsp3) is 0.647. The van der Waals surface area contributed by atoms with Crippen molar-refractivity contribution in [2.24, 2.45) is 0 Å². The van der Waals surface area contributed by atoms with Crippen LogP contribution < -0.4 is 5.32 Å². The van der Waals surface area contributed by atoms with Crippen molar-refractivity contribution in [1.82, 2.24) is 0 Å². The first-order chi connectivity index (χ1) is 8.70. The van der Waals surface area contributed by atoms with Crippen LogP contribution in [0, 0.1) is 6.92 Å². The average Bonchev–Trinajstić information content (AvgIpc) is 2.57. The molecule has 1 nitrogen and oxygen atoms in total. The van der Waals surface area contributed by atoms with Crippen molar-refractivity contribution in [2.75, 3.05) is 5.32 Å². The number of aryl methyl sites for hydroxylation is 1. The number of fused-ring (bicyclic) bond motifs is 1. The lowest BCUT2D eigenvalue weighted by molar-refractivity contribution is 0.344. The van der Waals surface area contributed by atoms with Crippen LogP contribution >= 0.6 is 12.4 Å². The Labute approximate surface area is 123 Å². The summed E-state index contributed by atoms with van der Waals surface area (Å²) >= 11 is 0. The molecule has 1 unspecified atom stereocenters. The SMILES string of the molecule is Cc1cccc2c1NC1(CCCCCC1)CC2C.Cl. The van der Waals surface area contributed by atoms with Crippen LogP contribution in [0.3, 0.4) is 0 Å². The van der Waals surface area contributed by atoms with E-state index in [1.807, 2.05) is 0 Å². The topological polar surface area (TPSA) is 12.0 Å². The minimum Gasteiger partial charge on any atom is -0.379 e. The molecule has 1 aromatic carbocycles. The van der Waals surface area contributed by atoms with E-state index in [9.17, 15) is 0 Å². The molecule has 3 rings (SSSR count). The second-order valence-electron chi connectivity index (χ2n) is 6.46. The summed E-state index contributed by atoms with van der Waals surface area (Å²) in [6, 6.07) is 6.76. The lowest BCUT2D eigenvalue weighted by Gasteiger charge is -2.43. The number of hydrogen-bond donors (Lipinski definition) is 1. The van der Waals surface area contributed by atoms with Gasteiger partial charge in [-0.05, 0) is 43.2 Å². The van der Waals surface area contributed by atoms with E-state index in [1.165, 1.54) is 61.8 Å². The molecule has 0 amide bonds. The van der Waals surface area contributed by atoms with Gasteiger partial charge in [0.25, 0.3) is 0 Å². The number of halogens is 1. The number of hydrogen-bond acceptors (Lipinski definition) is 1. The zero-order valence-corrected chi connectivity index (χ0v) is 13.0. The average molecular weight is 280 g/mol. The first-order valence-corrected chi connectivity index (χ1v) is 7.58. The van der Waals surface area contributed by atoms with Crippen LogP contribution in [0.4, 0.5) is 5.69 Å². The van der Waals surface area contributed by atoms with Gasteiger partial charge in [-0.15, -0.1) is 12.4 Å². The van der Waals surface area contributed by atoms with Crippen LogP contribution in [0.1, 0.15) is 68.9 Å². The number of nitrogens with one attached hydrogen (secondary N) is 1. The van der Waals surface area contributed by atoms with Crippen molar-refractivity contribution in [1.29, 1.82) is 0 Å². The van der Waals surface area contributed by atoms with Gasteiger partial charge >= 0.3 is 0 Å². The van der Waals surface area contributed by atoms with Crippen molar-refractivity contribution < 1.29 is 0 Å². The summed E-state index contributed by atoms with van der Waals surface area (Å²) < 4.78 is 0. The maximum absolute atomic E-state index is 3.95. The van der Waals surface area contributed by atoms with E-state index in [0.29, 0.717) is 11.5 Å². The predicted molar refractivity (Wildman–Crippen MR) is 85.5 cm³/mol. The largest absolute Gasteiger partial charge is 0.379 e. The van der Waals surface area contributed by atoms with Gasteiger partial charge in [-0.3, -0.25) is 0 Å². The van der Waals surface area contributed by atoms with Crippen LogP contribution in [-0.4, -0.2) is 5.54 Å². The Balaban J connectivity index is 0.00000133. The normalized spacial score (nSPS) is 24.8. The minimum absolute atomic E-state index is 0. The van der Waals surface area contributed by atoms with Crippen LogP contribution in [0.25, 0.3) is 0 Å². The van der Waals surface area contributed by atoms with Crippen molar-refractivity contribution in [3.63, 3.8) is 0 Å². The van der Waals surface area contributed by atoms with E-state index in [4.69, 9.17) is 0 Å². The summed E-state index contributed by atoms with van der Waals surface area (Å²) in [5.41, 5.74) is 4.79. The van der Waals surface area contributed by atoms with Crippen molar-refractivity contribution in [2.45, 2.75) is 70.3 Å². The third-order valence-electron chi connectivity index (χ3n) is 4.98. The van der Waals surface area contributed by atoms with E-state index in [2.05, 4.69) is 37.4 Å². The van der Waals surface area contributed by atoms with Gasteiger partial charge in [-0.2, -0.15) is 0 Å². The lowest BCUT2D eigenvalue weighted by Crippen LogP contribution is -2.42. The fourth-order valence-electron chi connectivity index (χ4n) is 4.02. The highest BCUT2D eigenvalue weighted by Crippen LogP contribution is 2.45. The van der Waals surface area contributed by atoms with Gasteiger partial charge < -0.3 is 5.32 Å². The quantitative estimate of drug-likeness (QED) is 0.668. The summed E-state index contributed by atoms with van der Waals surface area (Å²) in [5.74, 6) is 0.708. The molecular formula is C17H26ClN. The molecule has 1 atom stereocenters. The number of para-hydroxylation sites is 1. The molecule has 1 aliphatic heterocycles. The summed E-state index contributed by atoms with van der Waals surface area (Å²) in [4.78, 5) is 0. The Bertz CT molecular complexity index is 433. The summed E-state index contributed by atoms with van der Waals surface area (Å²) in [6.07, 6.45) is 9.72. The van der Waals surface area contributed by atoms with Crippen molar-refractivity contribution in [3.05, 3.63) is 29.3 Å². The molecule has 1 N–H and O–H groups in total. The molecule has 1 saturated carbocycles. The minimum atomic E-state index is 0. The molecule has 1 fully saturated rings. The number of anilines is 1. The molecular weight excluding hydrogens is 254 g/mol. The third-order valence-corrected chi connectivity index (χ3v) is 4.98. The highest BCUT2D eigenvalue weighted by atomic mass is 35.5. The van der Waals surface area contributed by atoms with Gasteiger partial charge in [-0.25, -0.2) is 0 Å². The first-order valence-electron chi connectivity index (χ1n) is 7.58. The summed E-state index contributed by atoms with van der Waals surface area (Å²) in [5, 5.41) is 3.95. The maximum Gasteiger partial charge on any atom is 0.0409 e. The lowest BCUT2D eigenvalue weighted by atomic mass is 9.75. The summed E-state index contributed by atoms with van der Waals surface area (Å²) in [6.45, 7) is 4.65. The zero-order chi connectivity index (χ0) is 12.6. The fourth-order valence-corrected chi connectivity index (χ4v) is 4.02. The Kier molecular flexibility index (Phi) is 4.45. The Morgan fingerprint density at radius 2 is 1.79 bits per heavy atom. The monoisotopic (exact) mass is 279 g/mol. The molecule has 2 heteroatoms. The second-order valence-corrected chi connectivity index (χ2v) is 6.46. The highest BCUT2D eigenvalue weighted by Gasteiger charge is 2.37. The molecule has 1 spiro atoms. The second kappa shape index (κ2) is 5.75. The Morgan fingerprint density at radius 1 is 1.11 bits per heavy atom. The molecule has 1 heterocycles. The van der Waals surface area contributed by atoms with Crippen LogP contribution in [0.2, 0.25) is 0 Å². The molecule has 106 valence electrons. The third kappa shape index (κ3) is 2.76. The number of rotatable bonds is 0. The predicted octanol–water partition coefficient (Wildman–Crippen LogP) is 5.43. The van der Waals surface area contributed by atoms with E-state index >= 15 is 0 Å².